The summed E-state index contributed by atoms with van der Waals surface area (Å²) in [5.41, 5.74) is 0. The highest BCUT2D eigenvalue weighted by atomic mass is 15.1. The number of hydrogen-bond donors (Lipinski definition) is 1. The monoisotopic (exact) mass is 270 g/mol. The molecule has 0 saturated carbocycles. The first-order valence-electron chi connectivity index (χ1n) is 8.46. The van der Waals surface area contributed by atoms with Gasteiger partial charge in [-0.25, -0.2) is 0 Å². The third-order valence-corrected chi connectivity index (χ3v) is 4.42. The van der Waals surface area contributed by atoms with Gasteiger partial charge in [0.25, 0.3) is 0 Å². The van der Waals surface area contributed by atoms with E-state index in [0.717, 1.165) is 12.5 Å². The highest BCUT2D eigenvalue weighted by Gasteiger charge is 2.20. The number of nitrogens with one attached hydrogen (secondary N) is 1. The molecule has 2 atom stereocenters. The summed E-state index contributed by atoms with van der Waals surface area (Å²) in [6.07, 6.45) is 9.38. The average molecular weight is 271 g/mol. The van der Waals surface area contributed by atoms with Gasteiger partial charge >= 0.3 is 0 Å². The van der Waals surface area contributed by atoms with Crippen LogP contribution < -0.4 is 5.32 Å². The molecule has 0 saturated heterocycles. The minimum atomic E-state index is 0.661. The Balaban J connectivity index is 3.96. The Kier molecular flexibility index (Phi) is 11.7. The summed E-state index contributed by atoms with van der Waals surface area (Å²) in [5.74, 6) is 0.815. The minimum Gasteiger partial charge on any atom is -0.313 e. The third kappa shape index (κ3) is 8.65. The zero-order valence-corrected chi connectivity index (χ0v) is 14.3. The van der Waals surface area contributed by atoms with Gasteiger partial charge in [0.15, 0.2) is 0 Å². The standard InChI is InChI=1S/C17H38N2/c1-7-10-11-12-13-15(4)18-14-17(19(5)6)16(8-2)9-3/h15-18H,7-14H2,1-6H3. The topological polar surface area (TPSA) is 15.3 Å². The maximum Gasteiger partial charge on any atom is 0.0242 e. The van der Waals surface area contributed by atoms with Crippen LogP contribution in [0.25, 0.3) is 0 Å². The fourth-order valence-electron chi connectivity index (χ4n) is 2.90. The van der Waals surface area contributed by atoms with Crippen molar-refractivity contribution in [3.05, 3.63) is 0 Å². The molecule has 0 aliphatic carbocycles. The second-order valence-electron chi connectivity index (χ2n) is 6.27. The van der Waals surface area contributed by atoms with Crippen LogP contribution in [-0.2, 0) is 0 Å². The largest absolute Gasteiger partial charge is 0.313 e. The molecule has 0 heterocycles. The molecule has 0 aromatic carbocycles. The van der Waals surface area contributed by atoms with Crippen LogP contribution in [0.3, 0.4) is 0 Å². The molecule has 0 bridgehead atoms. The Labute approximate surface area is 122 Å². The van der Waals surface area contributed by atoms with E-state index < -0.39 is 0 Å². The molecule has 0 aliphatic heterocycles. The van der Waals surface area contributed by atoms with Crippen molar-refractivity contribution in [2.24, 2.45) is 5.92 Å². The Bertz CT molecular complexity index is 188. The van der Waals surface area contributed by atoms with Gasteiger partial charge in [0, 0.05) is 18.6 Å². The van der Waals surface area contributed by atoms with Crippen LogP contribution in [0.15, 0.2) is 0 Å². The number of rotatable bonds is 12. The lowest BCUT2D eigenvalue weighted by Crippen LogP contribution is -2.45. The van der Waals surface area contributed by atoms with Crippen molar-refractivity contribution in [1.29, 1.82) is 0 Å². The zero-order chi connectivity index (χ0) is 14.7. The second-order valence-corrected chi connectivity index (χ2v) is 6.27. The number of nitrogens with zero attached hydrogens (tertiary/aromatic N) is 1. The van der Waals surface area contributed by atoms with Crippen molar-refractivity contribution in [2.75, 3.05) is 20.6 Å². The van der Waals surface area contributed by atoms with Gasteiger partial charge in [-0.1, -0.05) is 59.3 Å². The summed E-state index contributed by atoms with van der Waals surface area (Å²) in [6.45, 7) is 10.4. The maximum atomic E-state index is 3.75. The van der Waals surface area contributed by atoms with E-state index in [-0.39, 0.29) is 0 Å². The molecule has 2 nitrogen and oxygen atoms in total. The SMILES string of the molecule is CCCCCCC(C)NCC(C(CC)CC)N(C)C. The van der Waals surface area contributed by atoms with Crippen LogP contribution in [0.1, 0.15) is 72.6 Å². The molecule has 19 heavy (non-hydrogen) atoms. The molecule has 0 spiro atoms. The van der Waals surface area contributed by atoms with Crippen LogP contribution in [-0.4, -0.2) is 37.6 Å². The fraction of sp³-hybridized carbons (Fsp3) is 1.00. The first kappa shape index (κ1) is 18.9. The van der Waals surface area contributed by atoms with Gasteiger partial charge in [-0.05, 0) is 33.4 Å². The highest BCUT2D eigenvalue weighted by molar-refractivity contribution is 4.78. The van der Waals surface area contributed by atoms with Gasteiger partial charge in [0.2, 0.25) is 0 Å². The molecule has 0 fully saturated rings. The van der Waals surface area contributed by atoms with Crippen LogP contribution >= 0.6 is 0 Å². The van der Waals surface area contributed by atoms with Gasteiger partial charge in [0.1, 0.15) is 0 Å². The molecule has 0 aromatic rings. The lowest BCUT2D eigenvalue weighted by atomic mass is 9.93. The Morgan fingerprint density at radius 3 is 2.05 bits per heavy atom. The quantitative estimate of drug-likeness (QED) is 0.532. The van der Waals surface area contributed by atoms with Crippen LogP contribution in [0.2, 0.25) is 0 Å². The summed E-state index contributed by atoms with van der Waals surface area (Å²) in [7, 11) is 4.44. The molecular formula is C17H38N2. The highest BCUT2D eigenvalue weighted by Crippen LogP contribution is 2.16. The number of hydrogen-bond acceptors (Lipinski definition) is 2. The van der Waals surface area contributed by atoms with Crippen LogP contribution in [0, 0.1) is 5.92 Å². The lowest BCUT2D eigenvalue weighted by molar-refractivity contribution is 0.189. The lowest BCUT2D eigenvalue weighted by Gasteiger charge is -2.32. The van der Waals surface area contributed by atoms with Crippen LogP contribution in [0.5, 0.6) is 0 Å². The second kappa shape index (κ2) is 11.7. The van der Waals surface area contributed by atoms with Gasteiger partial charge in [-0.15, -0.1) is 0 Å². The molecule has 1 N–H and O–H groups in total. The van der Waals surface area contributed by atoms with Gasteiger partial charge in [0.05, 0.1) is 0 Å². The van der Waals surface area contributed by atoms with Crippen molar-refractivity contribution in [1.82, 2.24) is 10.2 Å². The van der Waals surface area contributed by atoms with Crippen molar-refractivity contribution in [2.45, 2.75) is 84.7 Å². The Hall–Kier alpha value is -0.0800. The fourth-order valence-corrected chi connectivity index (χ4v) is 2.90. The summed E-state index contributed by atoms with van der Waals surface area (Å²) in [4.78, 5) is 2.40. The van der Waals surface area contributed by atoms with Gasteiger partial charge in [-0.3, -0.25) is 0 Å². The molecule has 2 unspecified atom stereocenters. The van der Waals surface area contributed by atoms with Gasteiger partial charge in [-0.2, -0.15) is 0 Å². The van der Waals surface area contributed by atoms with E-state index in [0.29, 0.717) is 12.1 Å². The van der Waals surface area contributed by atoms with Crippen molar-refractivity contribution in [3.8, 4) is 0 Å². The van der Waals surface area contributed by atoms with Crippen LogP contribution in [0.4, 0.5) is 0 Å². The third-order valence-electron chi connectivity index (χ3n) is 4.42. The smallest absolute Gasteiger partial charge is 0.0242 e. The molecule has 116 valence electrons. The van der Waals surface area contributed by atoms with E-state index in [4.69, 9.17) is 0 Å². The molecule has 0 radical (unpaired) electrons. The molecule has 0 aromatic heterocycles. The Morgan fingerprint density at radius 1 is 0.947 bits per heavy atom. The van der Waals surface area contributed by atoms with E-state index in [1.165, 1.54) is 44.9 Å². The first-order chi connectivity index (χ1) is 9.06. The number of unbranched alkanes of at least 4 members (excludes halogenated alkanes) is 3. The summed E-state index contributed by atoms with van der Waals surface area (Å²) in [5, 5.41) is 3.75. The zero-order valence-electron chi connectivity index (χ0n) is 14.3. The van der Waals surface area contributed by atoms with E-state index in [1.54, 1.807) is 0 Å². The van der Waals surface area contributed by atoms with E-state index in [9.17, 15) is 0 Å². The molecular weight excluding hydrogens is 232 g/mol. The van der Waals surface area contributed by atoms with E-state index in [1.807, 2.05) is 0 Å². The van der Waals surface area contributed by atoms with Crippen molar-refractivity contribution in [3.63, 3.8) is 0 Å². The molecule has 0 aliphatic rings. The van der Waals surface area contributed by atoms with Crippen molar-refractivity contribution >= 4 is 0 Å². The van der Waals surface area contributed by atoms with E-state index >= 15 is 0 Å². The van der Waals surface area contributed by atoms with E-state index in [2.05, 4.69) is 52.0 Å². The predicted octanol–water partition coefficient (Wildman–Crippen LogP) is 4.30. The molecule has 0 amide bonds. The summed E-state index contributed by atoms with van der Waals surface area (Å²) >= 11 is 0. The van der Waals surface area contributed by atoms with Crippen molar-refractivity contribution < 1.29 is 0 Å². The normalized spacial score (nSPS) is 15.2. The predicted molar refractivity (Wildman–Crippen MR) is 87.8 cm³/mol. The molecule has 2 heteroatoms. The average Bonchev–Trinajstić information content (AvgIpc) is 2.39. The first-order valence-corrected chi connectivity index (χ1v) is 8.46. The minimum absolute atomic E-state index is 0.661. The summed E-state index contributed by atoms with van der Waals surface area (Å²) < 4.78 is 0. The van der Waals surface area contributed by atoms with Gasteiger partial charge < -0.3 is 10.2 Å². The molecule has 0 rings (SSSR count). The number of likely N-dealkylation sites (N-methyl/N-ethyl adjacent to an activating group) is 1. The summed E-state index contributed by atoms with van der Waals surface area (Å²) in [6, 6.07) is 1.33. The maximum absolute atomic E-state index is 3.75. The Morgan fingerprint density at radius 2 is 1.58 bits per heavy atom.